The fraction of sp³-hybridized carbons (Fsp3) is 0.562. The van der Waals surface area contributed by atoms with E-state index in [0.717, 1.165) is 19.6 Å². The zero-order valence-corrected chi connectivity index (χ0v) is 11.0. The highest BCUT2D eigenvalue weighted by atomic mass is 16.5. The number of aryl methyl sites for hydroxylation is 2. The Morgan fingerprint density at radius 1 is 1.28 bits per heavy atom. The second-order valence-electron chi connectivity index (χ2n) is 5.81. The summed E-state index contributed by atoms with van der Waals surface area (Å²) >= 11 is 0. The highest BCUT2D eigenvalue weighted by Crippen LogP contribution is 2.38. The molecule has 0 unspecified atom stereocenters. The Hall–Kier alpha value is -1.15. The van der Waals surface area contributed by atoms with Crippen LogP contribution in [-0.2, 0) is 27.8 Å². The number of benzene rings is 1. The maximum Gasteiger partial charge on any atom is 0.129 e. The first-order valence-corrected chi connectivity index (χ1v) is 6.89. The number of Topliss-reactive ketones (excluding diaryl/α,β-unsaturated/α-hetero) is 1. The van der Waals surface area contributed by atoms with Crippen molar-refractivity contribution in [2.24, 2.45) is 0 Å². The van der Waals surface area contributed by atoms with Crippen molar-refractivity contribution in [3.8, 4) is 0 Å². The van der Waals surface area contributed by atoms with Gasteiger partial charge < -0.3 is 9.53 Å². The number of hydrogen-bond acceptors (Lipinski definition) is 2. The number of hydrogen-bond donors (Lipinski definition) is 0. The van der Waals surface area contributed by atoms with Crippen LogP contribution in [0.2, 0.25) is 0 Å². The van der Waals surface area contributed by atoms with E-state index in [1.807, 2.05) is 0 Å². The minimum absolute atomic E-state index is 0.114. The van der Waals surface area contributed by atoms with E-state index in [1.165, 1.54) is 36.0 Å². The van der Waals surface area contributed by atoms with Crippen molar-refractivity contribution in [2.75, 3.05) is 13.2 Å². The molecule has 0 radical (unpaired) electrons. The molecule has 1 aliphatic heterocycles. The average Bonchev–Trinajstić information content (AvgIpc) is 2.74. The fourth-order valence-electron chi connectivity index (χ4n) is 3.12. The third-order valence-electron chi connectivity index (χ3n) is 4.42. The molecule has 0 saturated carbocycles. The van der Waals surface area contributed by atoms with Gasteiger partial charge in [0.25, 0.3) is 0 Å². The first kappa shape index (κ1) is 11.9. The monoisotopic (exact) mass is 244 g/mol. The van der Waals surface area contributed by atoms with Crippen LogP contribution in [-0.4, -0.2) is 19.0 Å². The zero-order valence-electron chi connectivity index (χ0n) is 11.0. The van der Waals surface area contributed by atoms with Gasteiger partial charge in [0, 0.05) is 11.8 Å². The van der Waals surface area contributed by atoms with E-state index in [-0.39, 0.29) is 11.2 Å². The van der Waals surface area contributed by atoms with Crippen LogP contribution in [0, 0.1) is 0 Å². The van der Waals surface area contributed by atoms with Gasteiger partial charge in [-0.2, -0.15) is 0 Å². The molecule has 1 aliphatic carbocycles. The molecule has 1 aromatic carbocycles. The molecule has 1 fully saturated rings. The minimum atomic E-state index is 0.114. The summed E-state index contributed by atoms with van der Waals surface area (Å²) in [6, 6.07) is 6.91. The van der Waals surface area contributed by atoms with Gasteiger partial charge in [0.15, 0.2) is 0 Å². The number of fused-ring (bicyclic) bond motifs is 1. The molecule has 1 aromatic rings. The molecule has 0 N–H and O–H groups in total. The van der Waals surface area contributed by atoms with Crippen molar-refractivity contribution >= 4 is 5.78 Å². The first-order chi connectivity index (χ1) is 8.70. The van der Waals surface area contributed by atoms with Gasteiger partial charge in [0.2, 0.25) is 0 Å². The standard InChI is InChI=1S/C16H20O2/c1-12(17)7-8-16(10-18-11-16)15-6-5-13-3-2-4-14(13)9-15/h5-6,9H,2-4,7-8,10-11H2,1H3. The van der Waals surface area contributed by atoms with E-state index in [4.69, 9.17) is 4.74 Å². The van der Waals surface area contributed by atoms with E-state index in [2.05, 4.69) is 18.2 Å². The summed E-state index contributed by atoms with van der Waals surface area (Å²) in [6.07, 6.45) is 5.33. The van der Waals surface area contributed by atoms with Gasteiger partial charge in [0.05, 0.1) is 13.2 Å². The smallest absolute Gasteiger partial charge is 0.129 e. The number of carbonyl (C=O) groups is 1. The molecule has 0 amide bonds. The molecular weight excluding hydrogens is 224 g/mol. The Kier molecular flexibility index (Phi) is 2.98. The lowest BCUT2D eigenvalue weighted by molar-refractivity contribution is -0.119. The zero-order chi connectivity index (χ0) is 12.6. The summed E-state index contributed by atoms with van der Waals surface area (Å²) < 4.78 is 5.43. The Balaban J connectivity index is 1.85. The van der Waals surface area contributed by atoms with Crippen LogP contribution in [0.15, 0.2) is 18.2 Å². The quantitative estimate of drug-likeness (QED) is 0.814. The summed E-state index contributed by atoms with van der Waals surface area (Å²) in [7, 11) is 0. The molecule has 0 atom stereocenters. The van der Waals surface area contributed by atoms with Gasteiger partial charge in [-0.3, -0.25) is 0 Å². The second-order valence-corrected chi connectivity index (χ2v) is 5.81. The van der Waals surface area contributed by atoms with Gasteiger partial charge in [0.1, 0.15) is 5.78 Å². The second kappa shape index (κ2) is 4.51. The molecule has 0 bridgehead atoms. The summed E-state index contributed by atoms with van der Waals surface area (Å²) in [5.74, 6) is 0.280. The van der Waals surface area contributed by atoms with Crippen molar-refractivity contribution in [2.45, 2.75) is 44.4 Å². The number of rotatable bonds is 4. The van der Waals surface area contributed by atoms with Gasteiger partial charge in [-0.05, 0) is 49.3 Å². The molecule has 1 heterocycles. The van der Waals surface area contributed by atoms with Gasteiger partial charge in [-0.25, -0.2) is 0 Å². The fourth-order valence-corrected chi connectivity index (χ4v) is 3.12. The predicted octanol–water partition coefficient (Wildman–Crippen LogP) is 2.81. The number of carbonyl (C=O) groups excluding carboxylic acids is 1. The highest BCUT2D eigenvalue weighted by molar-refractivity contribution is 5.75. The largest absolute Gasteiger partial charge is 0.379 e. The van der Waals surface area contributed by atoms with E-state index < -0.39 is 0 Å². The lowest BCUT2D eigenvalue weighted by Crippen LogP contribution is -2.47. The average molecular weight is 244 g/mol. The molecule has 18 heavy (non-hydrogen) atoms. The van der Waals surface area contributed by atoms with Crippen LogP contribution >= 0.6 is 0 Å². The lowest BCUT2D eigenvalue weighted by atomic mass is 9.74. The molecule has 96 valence electrons. The van der Waals surface area contributed by atoms with Crippen molar-refractivity contribution < 1.29 is 9.53 Å². The summed E-state index contributed by atoms with van der Waals surface area (Å²) in [4.78, 5) is 11.2. The third kappa shape index (κ3) is 1.99. The van der Waals surface area contributed by atoms with Crippen LogP contribution in [0.5, 0.6) is 0 Å². The summed E-state index contributed by atoms with van der Waals surface area (Å²) in [5.41, 5.74) is 4.53. The number of ether oxygens (including phenoxy) is 1. The maximum atomic E-state index is 11.2. The van der Waals surface area contributed by atoms with Crippen molar-refractivity contribution in [1.82, 2.24) is 0 Å². The van der Waals surface area contributed by atoms with Crippen molar-refractivity contribution in [1.29, 1.82) is 0 Å². The van der Waals surface area contributed by atoms with Gasteiger partial charge in [-0.1, -0.05) is 18.2 Å². The van der Waals surface area contributed by atoms with Crippen molar-refractivity contribution in [3.05, 3.63) is 34.9 Å². The van der Waals surface area contributed by atoms with Crippen LogP contribution in [0.25, 0.3) is 0 Å². The normalized spacial score (nSPS) is 20.3. The molecule has 2 heteroatoms. The molecular formula is C16H20O2. The topological polar surface area (TPSA) is 26.3 Å². The minimum Gasteiger partial charge on any atom is -0.379 e. The van der Waals surface area contributed by atoms with Gasteiger partial charge in [-0.15, -0.1) is 0 Å². The van der Waals surface area contributed by atoms with Crippen LogP contribution < -0.4 is 0 Å². The summed E-state index contributed by atoms with van der Waals surface area (Å²) in [5, 5.41) is 0. The van der Waals surface area contributed by atoms with E-state index in [9.17, 15) is 4.79 Å². The maximum absolute atomic E-state index is 11.2. The highest BCUT2D eigenvalue weighted by Gasteiger charge is 2.40. The first-order valence-electron chi connectivity index (χ1n) is 6.89. The molecule has 3 rings (SSSR count). The third-order valence-corrected chi connectivity index (χ3v) is 4.42. The molecule has 2 nitrogen and oxygen atoms in total. The van der Waals surface area contributed by atoms with Crippen molar-refractivity contribution in [3.63, 3.8) is 0 Å². The molecule has 2 aliphatic rings. The molecule has 0 aromatic heterocycles. The Labute approximate surface area is 108 Å². The van der Waals surface area contributed by atoms with Gasteiger partial charge >= 0.3 is 0 Å². The van der Waals surface area contributed by atoms with E-state index in [0.29, 0.717) is 6.42 Å². The van der Waals surface area contributed by atoms with E-state index >= 15 is 0 Å². The Morgan fingerprint density at radius 2 is 2.06 bits per heavy atom. The van der Waals surface area contributed by atoms with E-state index in [1.54, 1.807) is 6.92 Å². The SMILES string of the molecule is CC(=O)CCC1(c2ccc3c(c2)CCC3)COC1. The lowest BCUT2D eigenvalue weighted by Gasteiger charge is -2.42. The summed E-state index contributed by atoms with van der Waals surface area (Å²) in [6.45, 7) is 3.23. The Bertz CT molecular complexity index is 472. The van der Waals surface area contributed by atoms with Crippen LogP contribution in [0.1, 0.15) is 42.9 Å². The molecule has 1 saturated heterocycles. The predicted molar refractivity (Wildman–Crippen MR) is 70.9 cm³/mol. The molecule has 0 spiro atoms. The van der Waals surface area contributed by atoms with Crippen LogP contribution in [0.3, 0.4) is 0 Å². The Morgan fingerprint density at radius 3 is 2.72 bits per heavy atom. The number of ketones is 1. The van der Waals surface area contributed by atoms with Crippen LogP contribution in [0.4, 0.5) is 0 Å².